The highest BCUT2D eigenvalue weighted by Crippen LogP contribution is 2.09. The van der Waals surface area contributed by atoms with E-state index in [0.29, 0.717) is 18.8 Å². The summed E-state index contributed by atoms with van der Waals surface area (Å²) in [5.41, 5.74) is 0.399. The van der Waals surface area contributed by atoms with E-state index in [1.807, 2.05) is 0 Å². The number of aromatic nitrogens is 2. The second kappa shape index (κ2) is 4.96. The van der Waals surface area contributed by atoms with E-state index in [4.69, 9.17) is 4.74 Å². The number of hydrogen-bond acceptors (Lipinski definition) is 5. The van der Waals surface area contributed by atoms with Crippen molar-refractivity contribution in [3.63, 3.8) is 0 Å². The molecular formula is C10H13N3O4. The molecule has 1 aliphatic heterocycles. The molecule has 0 aromatic carbocycles. The normalized spacial score (nSPS) is 20.1. The largest absolute Gasteiger partial charge is 0.467 e. The van der Waals surface area contributed by atoms with Crippen LogP contribution in [-0.4, -0.2) is 59.7 Å². The van der Waals surface area contributed by atoms with Crippen LogP contribution in [0.15, 0.2) is 12.5 Å². The van der Waals surface area contributed by atoms with E-state index < -0.39 is 12.1 Å². The number of morpholine rings is 1. The number of ether oxygens (including phenoxy) is 2. The summed E-state index contributed by atoms with van der Waals surface area (Å²) in [6.45, 7) is 0.968. The highest BCUT2D eigenvalue weighted by molar-refractivity contribution is 5.92. The van der Waals surface area contributed by atoms with Crippen LogP contribution in [0.2, 0.25) is 0 Å². The van der Waals surface area contributed by atoms with Gasteiger partial charge in [0.1, 0.15) is 5.69 Å². The van der Waals surface area contributed by atoms with Crippen molar-refractivity contribution in [3.05, 3.63) is 18.2 Å². The van der Waals surface area contributed by atoms with E-state index in [9.17, 15) is 9.59 Å². The Balaban J connectivity index is 2.02. The summed E-state index contributed by atoms with van der Waals surface area (Å²) in [7, 11) is 1.29. The minimum absolute atomic E-state index is 0.195. The molecule has 7 nitrogen and oxygen atoms in total. The van der Waals surface area contributed by atoms with Gasteiger partial charge in [0, 0.05) is 6.54 Å². The molecule has 0 spiro atoms. The quantitative estimate of drug-likeness (QED) is 0.698. The molecule has 1 N–H and O–H groups in total. The summed E-state index contributed by atoms with van der Waals surface area (Å²) in [4.78, 5) is 31.3. The van der Waals surface area contributed by atoms with Gasteiger partial charge >= 0.3 is 5.97 Å². The van der Waals surface area contributed by atoms with Gasteiger partial charge < -0.3 is 19.4 Å². The van der Waals surface area contributed by atoms with Crippen LogP contribution >= 0.6 is 0 Å². The lowest BCUT2D eigenvalue weighted by Gasteiger charge is -2.31. The molecule has 1 unspecified atom stereocenters. The van der Waals surface area contributed by atoms with Crippen LogP contribution in [0.5, 0.6) is 0 Å². The summed E-state index contributed by atoms with van der Waals surface area (Å²) in [5.74, 6) is -0.660. The Hall–Kier alpha value is -1.89. The van der Waals surface area contributed by atoms with Crippen molar-refractivity contribution < 1.29 is 19.1 Å². The minimum atomic E-state index is -0.708. The number of rotatable bonds is 2. The monoisotopic (exact) mass is 239 g/mol. The summed E-state index contributed by atoms with van der Waals surface area (Å²) in [6.07, 6.45) is 2.18. The molecule has 92 valence electrons. The van der Waals surface area contributed by atoms with Gasteiger partial charge in [-0.2, -0.15) is 0 Å². The van der Waals surface area contributed by atoms with Gasteiger partial charge in [0.25, 0.3) is 5.91 Å². The molecular weight excluding hydrogens is 226 g/mol. The zero-order valence-electron chi connectivity index (χ0n) is 9.38. The summed E-state index contributed by atoms with van der Waals surface area (Å²) < 4.78 is 9.82. The number of aromatic amines is 1. The molecule has 1 aromatic rings. The lowest BCUT2D eigenvalue weighted by molar-refractivity contribution is -0.158. The Morgan fingerprint density at radius 2 is 2.47 bits per heavy atom. The fourth-order valence-electron chi connectivity index (χ4n) is 1.65. The minimum Gasteiger partial charge on any atom is -0.467 e. The molecule has 1 saturated heterocycles. The van der Waals surface area contributed by atoms with E-state index >= 15 is 0 Å². The lowest BCUT2D eigenvalue weighted by atomic mass is 10.2. The third-order valence-electron chi connectivity index (χ3n) is 2.55. The molecule has 0 bridgehead atoms. The predicted molar refractivity (Wildman–Crippen MR) is 56.2 cm³/mol. The lowest BCUT2D eigenvalue weighted by Crippen LogP contribution is -2.49. The Labute approximate surface area is 97.7 Å². The molecule has 0 aliphatic carbocycles. The first kappa shape index (κ1) is 11.6. The topological polar surface area (TPSA) is 84.5 Å². The van der Waals surface area contributed by atoms with Gasteiger partial charge in [-0.05, 0) is 0 Å². The maximum atomic E-state index is 12.0. The number of carbonyl (C=O) groups excluding carboxylic acids is 2. The molecule has 0 radical (unpaired) electrons. The van der Waals surface area contributed by atoms with Crippen LogP contribution in [0.3, 0.4) is 0 Å². The molecule has 1 aromatic heterocycles. The van der Waals surface area contributed by atoms with Crippen molar-refractivity contribution in [1.29, 1.82) is 0 Å². The van der Waals surface area contributed by atoms with E-state index in [-0.39, 0.29) is 12.5 Å². The summed E-state index contributed by atoms with van der Waals surface area (Å²) in [5, 5.41) is 0. The Bertz CT molecular complexity index is 404. The van der Waals surface area contributed by atoms with Gasteiger partial charge in [-0.3, -0.25) is 4.79 Å². The van der Waals surface area contributed by atoms with Crippen LogP contribution < -0.4 is 0 Å². The number of esters is 1. The molecule has 2 heterocycles. The molecule has 17 heavy (non-hydrogen) atoms. The third kappa shape index (κ3) is 2.44. The second-order valence-corrected chi connectivity index (χ2v) is 3.60. The van der Waals surface area contributed by atoms with Crippen molar-refractivity contribution >= 4 is 11.9 Å². The number of H-pyrrole nitrogens is 1. The highest BCUT2D eigenvalue weighted by Gasteiger charge is 2.30. The van der Waals surface area contributed by atoms with Crippen molar-refractivity contribution in [2.24, 2.45) is 0 Å². The van der Waals surface area contributed by atoms with Crippen molar-refractivity contribution in [2.45, 2.75) is 6.10 Å². The Morgan fingerprint density at radius 3 is 3.12 bits per heavy atom. The average molecular weight is 239 g/mol. The molecule has 1 atom stereocenters. The molecule has 2 rings (SSSR count). The number of nitrogens with zero attached hydrogens (tertiary/aromatic N) is 2. The van der Waals surface area contributed by atoms with Crippen LogP contribution in [0.4, 0.5) is 0 Å². The first-order chi connectivity index (χ1) is 8.22. The standard InChI is InChI=1S/C10H13N3O4/c1-16-10(15)8-5-13(2-3-17-8)9(14)7-4-11-6-12-7/h4,6,8H,2-3,5H2,1H3,(H,11,12). The van der Waals surface area contributed by atoms with Crippen LogP contribution in [0, 0.1) is 0 Å². The fraction of sp³-hybridized carbons (Fsp3) is 0.500. The molecule has 1 amide bonds. The van der Waals surface area contributed by atoms with E-state index in [0.717, 1.165) is 0 Å². The number of hydrogen-bond donors (Lipinski definition) is 1. The molecule has 0 saturated carbocycles. The SMILES string of the molecule is COC(=O)C1CN(C(=O)c2cnc[nH]2)CCO1. The maximum absolute atomic E-state index is 12.0. The van der Waals surface area contributed by atoms with Gasteiger partial charge in [0.05, 0.1) is 32.8 Å². The summed E-state index contributed by atoms with van der Waals surface area (Å²) in [6, 6.07) is 0. The molecule has 1 aliphatic rings. The first-order valence-electron chi connectivity index (χ1n) is 5.19. The van der Waals surface area contributed by atoms with Crippen LogP contribution in [0.1, 0.15) is 10.5 Å². The van der Waals surface area contributed by atoms with Gasteiger partial charge in [0.15, 0.2) is 6.10 Å². The number of carbonyl (C=O) groups is 2. The second-order valence-electron chi connectivity index (χ2n) is 3.60. The van der Waals surface area contributed by atoms with Gasteiger partial charge in [-0.1, -0.05) is 0 Å². The number of methoxy groups -OCH3 is 1. The van der Waals surface area contributed by atoms with E-state index in [1.54, 1.807) is 4.90 Å². The fourth-order valence-corrected chi connectivity index (χ4v) is 1.65. The number of nitrogens with one attached hydrogen (secondary N) is 1. The van der Waals surface area contributed by atoms with E-state index in [1.165, 1.54) is 19.6 Å². The Morgan fingerprint density at radius 1 is 1.65 bits per heavy atom. The predicted octanol–water partition coefficient (Wildman–Crippen LogP) is -0.576. The van der Waals surface area contributed by atoms with Gasteiger partial charge in [-0.15, -0.1) is 0 Å². The van der Waals surface area contributed by atoms with Gasteiger partial charge in [-0.25, -0.2) is 9.78 Å². The molecule has 7 heteroatoms. The first-order valence-corrected chi connectivity index (χ1v) is 5.19. The van der Waals surface area contributed by atoms with Crippen LogP contribution in [0.25, 0.3) is 0 Å². The van der Waals surface area contributed by atoms with Crippen molar-refractivity contribution in [2.75, 3.05) is 26.8 Å². The zero-order valence-corrected chi connectivity index (χ0v) is 9.38. The van der Waals surface area contributed by atoms with E-state index in [2.05, 4.69) is 14.7 Å². The smallest absolute Gasteiger partial charge is 0.336 e. The molecule has 1 fully saturated rings. The zero-order chi connectivity index (χ0) is 12.3. The van der Waals surface area contributed by atoms with Crippen molar-refractivity contribution in [3.8, 4) is 0 Å². The van der Waals surface area contributed by atoms with Crippen molar-refractivity contribution in [1.82, 2.24) is 14.9 Å². The highest BCUT2D eigenvalue weighted by atomic mass is 16.6. The Kier molecular flexibility index (Phi) is 3.38. The number of amides is 1. The maximum Gasteiger partial charge on any atom is 0.336 e. The van der Waals surface area contributed by atoms with Gasteiger partial charge in [0.2, 0.25) is 0 Å². The number of imidazole rings is 1. The summed E-state index contributed by atoms with van der Waals surface area (Å²) >= 11 is 0. The third-order valence-corrected chi connectivity index (χ3v) is 2.55. The van der Waals surface area contributed by atoms with Crippen LogP contribution in [-0.2, 0) is 14.3 Å². The average Bonchev–Trinajstić information content (AvgIpc) is 2.91.